The molecule has 4 heterocycles. The topological polar surface area (TPSA) is 40.7 Å². The van der Waals surface area contributed by atoms with Gasteiger partial charge in [-0.1, -0.05) is 6.07 Å². The minimum absolute atomic E-state index is 0.600. The Morgan fingerprint density at radius 2 is 2.35 bits per heavy atom. The van der Waals surface area contributed by atoms with Crippen molar-refractivity contribution in [1.29, 1.82) is 0 Å². The van der Waals surface area contributed by atoms with Crippen LogP contribution in [0.4, 0.5) is 0 Å². The predicted octanol–water partition coefficient (Wildman–Crippen LogP) is 2.75. The maximum Gasteiger partial charge on any atom is 0.111 e. The smallest absolute Gasteiger partial charge is 0.111 e. The van der Waals surface area contributed by atoms with Crippen LogP contribution in [0.25, 0.3) is 10.6 Å². The van der Waals surface area contributed by atoms with E-state index in [4.69, 9.17) is 0 Å². The van der Waals surface area contributed by atoms with E-state index in [2.05, 4.69) is 32.8 Å². The standard InChI is InChI=1S/C13H15N3S/c1-2-12(17-5-1)11-7-14-13(16-11)9-6-8-3-4-10(9)15-8/h1-2,5,7-10,15H,3-4,6H2,(H,14,16). The van der Waals surface area contributed by atoms with Gasteiger partial charge in [0.05, 0.1) is 16.8 Å². The Kier molecular flexibility index (Phi) is 2.13. The number of nitrogens with one attached hydrogen (secondary N) is 2. The van der Waals surface area contributed by atoms with Gasteiger partial charge in [0.1, 0.15) is 5.82 Å². The summed E-state index contributed by atoms with van der Waals surface area (Å²) < 4.78 is 0. The zero-order chi connectivity index (χ0) is 11.2. The third-order valence-corrected chi connectivity index (χ3v) is 4.94. The molecule has 2 aromatic heterocycles. The van der Waals surface area contributed by atoms with Crippen LogP contribution in [0.1, 0.15) is 31.0 Å². The Morgan fingerprint density at radius 3 is 3.06 bits per heavy atom. The zero-order valence-corrected chi connectivity index (χ0v) is 10.3. The second-order valence-electron chi connectivity index (χ2n) is 5.05. The molecule has 2 fully saturated rings. The lowest BCUT2D eigenvalue weighted by Crippen LogP contribution is -2.22. The monoisotopic (exact) mass is 245 g/mol. The van der Waals surface area contributed by atoms with E-state index in [9.17, 15) is 0 Å². The molecule has 3 nitrogen and oxygen atoms in total. The molecule has 4 heteroatoms. The molecule has 2 N–H and O–H groups in total. The largest absolute Gasteiger partial charge is 0.341 e. The SMILES string of the molecule is c1csc(-c2cnc(C3CC4CCC3N4)[nH]2)c1. The number of aromatic nitrogens is 2. The zero-order valence-electron chi connectivity index (χ0n) is 9.52. The van der Waals surface area contributed by atoms with Gasteiger partial charge in [-0.3, -0.25) is 0 Å². The summed E-state index contributed by atoms with van der Waals surface area (Å²) in [5.41, 5.74) is 1.16. The van der Waals surface area contributed by atoms with Crippen molar-refractivity contribution in [3.8, 4) is 10.6 Å². The molecule has 2 aliphatic rings. The van der Waals surface area contributed by atoms with Crippen molar-refractivity contribution in [3.63, 3.8) is 0 Å². The molecule has 0 aromatic carbocycles. The van der Waals surface area contributed by atoms with E-state index in [1.165, 1.54) is 30.0 Å². The lowest BCUT2D eigenvalue weighted by atomic mass is 9.89. The summed E-state index contributed by atoms with van der Waals surface area (Å²) in [4.78, 5) is 9.36. The highest BCUT2D eigenvalue weighted by Gasteiger charge is 2.41. The minimum atomic E-state index is 0.600. The van der Waals surface area contributed by atoms with Crippen LogP contribution in [0.2, 0.25) is 0 Å². The van der Waals surface area contributed by atoms with Crippen LogP contribution in [0.15, 0.2) is 23.7 Å². The number of rotatable bonds is 2. The van der Waals surface area contributed by atoms with Gasteiger partial charge in [0.15, 0.2) is 0 Å². The molecular weight excluding hydrogens is 230 g/mol. The average molecular weight is 245 g/mol. The van der Waals surface area contributed by atoms with Crippen molar-refractivity contribution in [2.75, 3.05) is 0 Å². The van der Waals surface area contributed by atoms with Crippen molar-refractivity contribution in [3.05, 3.63) is 29.5 Å². The Labute approximate surface area is 104 Å². The first-order valence-corrected chi connectivity index (χ1v) is 7.13. The molecule has 88 valence electrons. The van der Waals surface area contributed by atoms with E-state index in [1.807, 2.05) is 6.20 Å². The average Bonchev–Trinajstić information content (AvgIpc) is 3.12. The number of thiophene rings is 1. The van der Waals surface area contributed by atoms with Gasteiger partial charge in [-0.05, 0) is 30.7 Å². The molecule has 0 radical (unpaired) electrons. The number of hydrogen-bond donors (Lipinski definition) is 2. The van der Waals surface area contributed by atoms with E-state index < -0.39 is 0 Å². The van der Waals surface area contributed by atoms with Crippen LogP contribution in [0, 0.1) is 0 Å². The van der Waals surface area contributed by atoms with Gasteiger partial charge in [-0.15, -0.1) is 11.3 Å². The van der Waals surface area contributed by atoms with Crippen molar-refractivity contribution in [1.82, 2.24) is 15.3 Å². The van der Waals surface area contributed by atoms with Crippen molar-refractivity contribution < 1.29 is 0 Å². The van der Waals surface area contributed by atoms with Gasteiger partial charge in [0.2, 0.25) is 0 Å². The normalized spacial score (nSPS) is 31.2. The molecule has 2 saturated heterocycles. The summed E-state index contributed by atoms with van der Waals surface area (Å²) >= 11 is 1.76. The van der Waals surface area contributed by atoms with Gasteiger partial charge >= 0.3 is 0 Å². The van der Waals surface area contributed by atoms with Crippen molar-refractivity contribution in [2.24, 2.45) is 0 Å². The molecule has 4 rings (SSSR count). The fraction of sp³-hybridized carbons (Fsp3) is 0.462. The van der Waals surface area contributed by atoms with Crippen molar-refractivity contribution in [2.45, 2.75) is 37.3 Å². The van der Waals surface area contributed by atoms with E-state index in [1.54, 1.807) is 11.3 Å². The van der Waals surface area contributed by atoms with Crippen LogP contribution < -0.4 is 5.32 Å². The summed E-state index contributed by atoms with van der Waals surface area (Å²) in [6, 6.07) is 5.61. The molecule has 2 aromatic rings. The van der Waals surface area contributed by atoms with Crippen LogP contribution in [0.5, 0.6) is 0 Å². The maximum absolute atomic E-state index is 4.58. The first kappa shape index (κ1) is 9.85. The maximum atomic E-state index is 4.58. The lowest BCUT2D eigenvalue weighted by Gasteiger charge is -2.17. The Bertz CT molecular complexity index is 517. The van der Waals surface area contributed by atoms with Crippen LogP contribution in [-0.4, -0.2) is 22.1 Å². The fourth-order valence-electron chi connectivity index (χ4n) is 3.21. The highest BCUT2D eigenvalue weighted by atomic mass is 32.1. The summed E-state index contributed by atoms with van der Waals surface area (Å²) in [5, 5.41) is 5.77. The van der Waals surface area contributed by atoms with E-state index in [-0.39, 0.29) is 0 Å². The molecule has 2 bridgehead atoms. The summed E-state index contributed by atoms with van der Waals surface area (Å²) in [6.07, 6.45) is 5.89. The first-order valence-electron chi connectivity index (χ1n) is 6.25. The minimum Gasteiger partial charge on any atom is -0.341 e. The predicted molar refractivity (Wildman–Crippen MR) is 69.2 cm³/mol. The molecule has 0 saturated carbocycles. The molecule has 3 unspecified atom stereocenters. The van der Waals surface area contributed by atoms with E-state index >= 15 is 0 Å². The molecule has 0 spiro atoms. The first-order chi connectivity index (χ1) is 8.40. The van der Waals surface area contributed by atoms with E-state index in [0.29, 0.717) is 12.0 Å². The number of aromatic amines is 1. The van der Waals surface area contributed by atoms with Crippen LogP contribution in [-0.2, 0) is 0 Å². The second-order valence-corrected chi connectivity index (χ2v) is 6.00. The summed E-state index contributed by atoms with van der Waals surface area (Å²) in [5.74, 6) is 1.77. The van der Waals surface area contributed by atoms with E-state index in [0.717, 1.165) is 11.7 Å². The molecule has 3 atom stereocenters. The van der Waals surface area contributed by atoms with Gasteiger partial charge in [-0.25, -0.2) is 4.98 Å². The number of imidazole rings is 1. The second kappa shape index (κ2) is 3.68. The van der Waals surface area contributed by atoms with Crippen molar-refractivity contribution >= 4 is 11.3 Å². The third kappa shape index (κ3) is 1.55. The Hall–Kier alpha value is -1.13. The Balaban J connectivity index is 1.63. The number of hydrogen-bond acceptors (Lipinski definition) is 3. The number of fused-ring (bicyclic) bond motifs is 2. The highest BCUT2D eigenvalue weighted by molar-refractivity contribution is 7.13. The third-order valence-electron chi connectivity index (χ3n) is 4.03. The molecule has 0 amide bonds. The number of nitrogens with zero attached hydrogens (tertiary/aromatic N) is 1. The molecular formula is C13H15N3S. The number of H-pyrrole nitrogens is 1. The van der Waals surface area contributed by atoms with Gasteiger partial charge < -0.3 is 10.3 Å². The lowest BCUT2D eigenvalue weighted by molar-refractivity contribution is 0.490. The van der Waals surface area contributed by atoms with Crippen LogP contribution >= 0.6 is 11.3 Å². The molecule has 0 aliphatic carbocycles. The van der Waals surface area contributed by atoms with Crippen LogP contribution in [0.3, 0.4) is 0 Å². The summed E-state index contributed by atoms with van der Waals surface area (Å²) in [7, 11) is 0. The molecule has 2 aliphatic heterocycles. The highest BCUT2D eigenvalue weighted by Crippen LogP contribution is 2.39. The quantitative estimate of drug-likeness (QED) is 0.854. The fourth-order valence-corrected chi connectivity index (χ4v) is 3.90. The Morgan fingerprint density at radius 1 is 1.35 bits per heavy atom. The van der Waals surface area contributed by atoms with Gasteiger partial charge in [-0.2, -0.15) is 0 Å². The molecule has 17 heavy (non-hydrogen) atoms. The van der Waals surface area contributed by atoms with Gasteiger partial charge in [0, 0.05) is 18.0 Å². The van der Waals surface area contributed by atoms with Gasteiger partial charge in [0.25, 0.3) is 0 Å². The summed E-state index contributed by atoms with van der Waals surface area (Å²) in [6.45, 7) is 0.